The molecule has 0 aromatic carbocycles. The Kier molecular flexibility index (Phi) is 6.71. The largest absolute Gasteiger partial charge is 0.383 e. The molecule has 1 fully saturated rings. The summed E-state index contributed by atoms with van der Waals surface area (Å²) in [6.45, 7) is 1.41. The number of halogens is 1. The van der Waals surface area contributed by atoms with E-state index in [2.05, 4.69) is 10.0 Å². The number of ether oxygens (including phenoxy) is 1. The minimum Gasteiger partial charge on any atom is -0.383 e. The predicted octanol–water partition coefficient (Wildman–Crippen LogP) is 1.12. The van der Waals surface area contributed by atoms with Crippen LogP contribution in [0.2, 0.25) is 0 Å². The van der Waals surface area contributed by atoms with E-state index in [1.54, 1.807) is 7.11 Å². The van der Waals surface area contributed by atoms with Crippen molar-refractivity contribution in [3.8, 4) is 0 Å². The molecule has 22 heavy (non-hydrogen) atoms. The Balaban J connectivity index is 0.00000242. The highest BCUT2D eigenvalue weighted by Crippen LogP contribution is 2.28. The molecule has 1 aromatic rings. The summed E-state index contributed by atoms with van der Waals surface area (Å²) in [6.07, 6.45) is 1.77. The lowest BCUT2D eigenvalue weighted by atomic mass is 9.99. The molecule has 1 saturated heterocycles. The number of hydrogen-bond acceptors (Lipinski definition) is 7. The number of rotatable bonds is 7. The fourth-order valence-corrected chi connectivity index (χ4v) is 4.61. The molecule has 0 saturated carbocycles. The summed E-state index contributed by atoms with van der Waals surface area (Å²) in [5, 5.41) is 13.7. The van der Waals surface area contributed by atoms with Crippen molar-refractivity contribution in [3.63, 3.8) is 0 Å². The van der Waals surface area contributed by atoms with Crippen molar-refractivity contribution < 1.29 is 18.1 Å². The van der Waals surface area contributed by atoms with Crippen molar-refractivity contribution in [2.24, 2.45) is 0 Å². The molecule has 1 aliphatic heterocycles. The SMILES string of the molecule is COCC1(CNS(=O)(=O)c2ccc([N+](=O)[O-])s2)CCCN1.Cl. The van der Waals surface area contributed by atoms with E-state index in [4.69, 9.17) is 4.74 Å². The molecule has 8 nitrogen and oxygen atoms in total. The molecule has 1 aliphatic rings. The molecular weight excluding hydrogens is 354 g/mol. The second-order valence-electron chi connectivity index (χ2n) is 4.92. The molecule has 0 radical (unpaired) electrons. The van der Waals surface area contributed by atoms with Crippen LogP contribution in [0.15, 0.2) is 16.3 Å². The van der Waals surface area contributed by atoms with Crippen LogP contribution in [0.1, 0.15) is 12.8 Å². The van der Waals surface area contributed by atoms with Crippen molar-refractivity contribution >= 4 is 38.8 Å². The molecule has 2 N–H and O–H groups in total. The topological polar surface area (TPSA) is 111 Å². The van der Waals surface area contributed by atoms with Gasteiger partial charge >= 0.3 is 5.00 Å². The number of sulfonamides is 1. The second-order valence-corrected chi connectivity index (χ2v) is 7.97. The van der Waals surface area contributed by atoms with Crippen LogP contribution in [0.3, 0.4) is 0 Å². The van der Waals surface area contributed by atoms with Gasteiger partial charge in [0.15, 0.2) is 0 Å². The monoisotopic (exact) mass is 371 g/mol. The van der Waals surface area contributed by atoms with Crippen molar-refractivity contribution in [2.75, 3.05) is 26.8 Å². The molecule has 0 bridgehead atoms. The smallest absolute Gasteiger partial charge is 0.325 e. The quantitative estimate of drug-likeness (QED) is 0.549. The summed E-state index contributed by atoms with van der Waals surface area (Å²) in [5.41, 5.74) is -0.412. The summed E-state index contributed by atoms with van der Waals surface area (Å²) in [4.78, 5) is 10.0. The Morgan fingerprint density at radius 3 is 2.77 bits per heavy atom. The zero-order valence-corrected chi connectivity index (χ0v) is 14.4. The first kappa shape index (κ1) is 19.3. The van der Waals surface area contributed by atoms with E-state index in [9.17, 15) is 18.5 Å². The van der Waals surface area contributed by atoms with E-state index in [1.165, 1.54) is 12.1 Å². The van der Waals surface area contributed by atoms with Gasteiger partial charge < -0.3 is 10.1 Å². The third kappa shape index (κ3) is 4.37. The molecule has 2 rings (SSSR count). The molecule has 126 valence electrons. The Bertz CT molecular complexity index is 613. The third-order valence-electron chi connectivity index (χ3n) is 3.37. The Hall–Kier alpha value is -0.780. The molecule has 0 amide bonds. The summed E-state index contributed by atoms with van der Waals surface area (Å²) in [7, 11) is -2.18. The minimum atomic E-state index is -3.75. The fraction of sp³-hybridized carbons (Fsp3) is 0.636. The maximum Gasteiger partial charge on any atom is 0.325 e. The van der Waals surface area contributed by atoms with Crippen LogP contribution in [-0.4, -0.2) is 45.7 Å². The van der Waals surface area contributed by atoms with Gasteiger partial charge in [-0.15, -0.1) is 12.4 Å². The lowest BCUT2D eigenvalue weighted by Gasteiger charge is -2.28. The molecule has 1 unspecified atom stereocenters. The summed E-state index contributed by atoms with van der Waals surface area (Å²) >= 11 is 0.641. The number of thiophene rings is 1. The van der Waals surface area contributed by atoms with Gasteiger partial charge in [-0.05, 0) is 36.8 Å². The molecule has 0 spiro atoms. The number of nitrogens with one attached hydrogen (secondary N) is 2. The van der Waals surface area contributed by atoms with E-state index in [0.717, 1.165) is 19.4 Å². The fourth-order valence-electron chi connectivity index (χ4n) is 2.33. The normalized spacial score (nSPS) is 21.5. The van der Waals surface area contributed by atoms with E-state index in [1.807, 2.05) is 0 Å². The first-order valence-electron chi connectivity index (χ1n) is 6.36. The standard InChI is InChI=1S/C11H17N3O5S2.ClH/c1-19-8-11(5-2-6-12-11)7-13-21(17,18)10-4-3-9(20-10)14(15)16;/h3-4,12-13H,2,5-8H2,1H3;1H. The highest BCUT2D eigenvalue weighted by atomic mass is 35.5. The average Bonchev–Trinajstić information content (AvgIpc) is 3.07. The predicted molar refractivity (Wildman–Crippen MR) is 85.3 cm³/mol. The lowest BCUT2D eigenvalue weighted by molar-refractivity contribution is -0.380. The van der Waals surface area contributed by atoms with Crippen LogP contribution in [0.25, 0.3) is 0 Å². The van der Waals surface area contributed by atoms with E-state index in [-0.39, 0.29) is 28.2 Å². The van der Waals surface area contributed by atoms with Gasteiger partial charge in [-0.3, -0.25) is 10.1 Å². The first-order valence-corrected chi connectivity index (χ1v) is 8.66. The average molecular weight is 372 g/mol. The summed E-state index contributed by atoms with van der Waals surface area (Å²) < 4.78 is 32.0. The third-order valence-corrected chi connectivity index (χ3v) is 6.30. The van der Waals surface area contributed by atoms with Gasteiger partial charge in [-0.1, -0.05) is 0 Å². The molecule has 0 aliphatic carbocycles. The second kappa shape index (κ2) is 7.66. The van der Waals surface area contributed by atoms with Gasteiger partial charge in [0.1, 0.15) is 4.21 Å². The maximum absolute atomic E-state index is 12.2. The number of hydrogen-bond donors (Lipinski definition) is 2. The lowest BCUT2D eigenvalue weighted by Crippen LogP contribution is -2.52. The first-order chi connectivity index (χ1) is 9.88. The van der Waals surface area contributed by atoms with Gasteiger partial charge in [-0.25, -0.2) is 13.1 Å². The molecule has 2 heterocycles. The highest BCUT2D eigenvalue weighted by Gasteiger charge is 2.35. The van der Waals surface area contributed by atoms with Crippen LogP contribution in [0.4, 0.5) is 5.00 Å². The maximum atomic E-state index is 12.2. The Morgan fingerprint density at radius 1 is 1.55 bits per heavy atom. The van der Waals surface area contributed by atoms with Gasteiger partial charge in [-0.2, -0.15) is 0 Å². The van der Waals surface area contributed by atoms with E-state index in [0.29, 0.717) is 17.9 Å². The summed E-state index contributed by atoms with van der Waals surface area (Å²) in [6, 6.07) is 2.44. The Labute approximate surface area is 138 Å². The number of nitrogens with zero attached hydrogens (tertiary/aromatic N) is 1. The zero-order valence-electron chi connectivity index (χ0n) is 11.9. The molecule has 11 heteroatoms. The van der Waals surface area contributed by atoms with Gasteiger partial charge in [0.2, 0.25) is 10.0 Å². The van der Waals surface area contributed by atoms with Crippen LogP contribution >= 0.6 is 23.7 Å². The van der Waals surface area contributed by atoms with Gasteiger partial charge in [0.05, 0.1) is 17.1 Å². The highest BCUT2D eigenvalue weighted by molar-refractivity contribution is 7.91. The van der Waals surface area contributed by atoms with Crippen molar-refractivity contribution in [3.05, 3.63) is 22.2 Å². The number of nitro groups is 1. The molecule has 1 aromatic heterocycles. The molecular formula is C11H18ClN3O5S2. The zero-order chi connectivity index (χ0) is 15.5. The minimum absolute atomic E-state index is 0. The van der Waals surface area contributed by atoms with Crippen LogP contribution in [0.5, 0.6) is 0 Å². The van der Waals surface area contributed by atoms with E-state index < -0.39 is 20.5 Å². The molecule has 1 atom stereocenters. The van der Waals surface area contributed by atoms with Crippen molar-refractivity contribution in [2.45, 2.75) is 22.6 Å². The summed E-state index contributed by atoms with van der Waals surface area (Å²) in [5.74, 6) is 0. The number of methoxy groups -OCH3 is 1. The van der Waals surface area contributed by atoms with Crippen LogP contribution in [-0.2, 0) is 14.8 Å². The van der Waals surface area contributed by atoms with Gasteiger partial charge in [0.25, 0.3) is 0 Å². The van der Waals surface area contributed by atoms with Crippen molar-refractivity contribution in [1.82, 2.24) is 10.0 Å². The van der Waals surface area contributed by atoms with E-state index >= 15 is 0 Å². The van der Waals surface area contributed by atoms with Crippen LogP contribution < -0.4 is 10.0 Å². The Morgan fingerprint density at radius 2 is 2.27 bits per heavy atom. The van der Waals surface area contributed by atoms with Crippen LogP contribution in [0, 0.1) is 10.1 Å². The van der Waals surface area contributed by atoms with Gasteiger partial charge in [0, 0.05) is 19.7 Å². The van der Waals surface area contributed by atoms with Crippen molar-refractivity contribution in [1.29, 1.82) is 0 Å².